The van der Waals surface area contributed by atoms with E-state index in [4.69, 9.17) is 0 Å². The Balaban J connectivity index is 2.00. The molecular formula is C14H17N5O. The van der Waals surface area contributed by atoms with Crippen LogP contribution in [-0.2, 0) is 11.3 Å². The van der Waals surface area contributed by atoms with Gasteiger partial charge in [-0.05, 0) is 12.0 Å². The molecule has 0 unspecified atom stereocenters. The van der Waals surface area contributed by atoms with E-state index in [0.717, 1.165) is 24.1 Å². The third-order valence-corrected chi connectivity index (χ3v) is 2.68. The topological polar surface area (TPSA) is 72.2 Å². The lowest BCUT2D eigenvalue weighted by Gasteiger charge is -2.06. The minimum Gasteiger partial charge on any atom is -0.271 e. The highest BCUT2D eigenvalue weighted by molar-refractivity contribution is 6.01. The smallest absolute Gasteiger partial charge is 0.261 e. The molecule has 0 saturated carbocycles. The molecule has 20 heavy (non-hydrogen) atoms. The molecule has 1 aromatic heterocycles. The first kappa shape index (κ1) is 13.9. The first-order valence-electron chi connectivity index (χ1n) is 6.53. The monoisotopic (exact) mass is 271 g/mol. The highest BCUT2D eigenvalue weighted by atomic mass is 16.2. The van der Waals surface area contributed by atoms with Gasteiger partial charge in [0.2, 0.25) is 0 Å². The standard InChI is InChI=1S/C14H17N5O/c1-2-6-13(12-7-4-3-5-8-12)17-18-14(20)9-19-11-15-10-16-19/h3-5,7-8,10-11H,2,6,9H2,1H3,(H,18,20)/b17-13+. The molecule has 1 N–H and O–H groups in total. The maximum Gasteiger partial charge on any atom is 0.261 e. The van der Waals surface area contributed by atoms with Crippen LogP contribution < -0.4 is 5.43 Å². The summed E-state index contributed by atoms with van der Waals surface area (Å²) in [5.41, 5.74) is 4.46. The molecule has 2 aromatic rings. The summed E-state index contributed by atoms with van der Waals surface area (Å²) in [6.07, 6.45) is 4.66. The first-order valence-corrected chi connectivity index (χ1v) is 6.53. The molecule has 6 heteroatoms. The molecule has 0 aliphatic heterocycles. The molecule has 0 spiro atoms. The van der Waals surface area contributed by atoms with Crippen molar-refractivity contribution < 1.29 is 4.79 Å². The van der Waals surface area contributed by atoms with Crippen LogP contribution in [0.25, 0.3) is 0 Å². The Labute approximate surface area is 117 Å². The molecule has 0 fully saturated rings. The van der Waals surface area contributed by atoms with Crippen LogP contribution in [0.5, 0.6) is 0 Å². The molecule has 0 radical (unpaired) electrons. The quantitative estimate of drug-likeness (QED) is 0.640. The number of benzene rings is 1. The van der Waals surface area contributed by atoms with Gasteiger partial charge in [0.25, 0.3) is 5.91 Å². The Bertz CT molecular complexity index is 563. The molecule has 1 heterocycles. The van der Waals surface area contributed by atoms with Crippen LogP contribution in [-0.4, -0.2) is 26.4 Å². The predicted octanol–water partition coefficient (Wildman–Crippen LogP) is 1.60. The lowest BCUT2D eigenvalue weighted by atomic mass is 10.1. The number of amides is 1. The third kappa shape index (κ3) is 4.01. The summed E-state index contributed by atoms with van der Waals surface area (Å²) in [7, 11) is 0. The zero-order valence-electron chi connectivity index (χ0n) is 11.4. The molecule has 0 saturated heterocycles. The van der Waals surface area contributed by atoms with Gasteiger partial charge in [-0.3, -0.25) is 4.79 Å². The van der Waals surface area contributed by atoms with Gasteiger partial charge in [-0.15, -0.1) is 0 Å². The normalized spacial score (nSPS) is 11.3. The van der Waals surface area contributed by atoms with Gasteiger partial charge < -0.3 is 0 Å². The van der Waals surface area contributed by atoms with Crippen molar-refractivity contribution in [3.8, 4) is 0 Å². The van der Waals surface area contributed by atoms with Crippen molar-refractivity contribution in [1.29, 1.82) is 0 Å². The number of hydrogen-bond donors (Lipinski definition) is 1. The second-order valence-corrected chi connectivity index (χ2v) is 4.30. The summed E-state index contributed by atoms with van der Waals surface area (Å²) in [5, 5.41) is 8.09. The average molecular weight is 271 g/mol. The van der Waals surface area contributed by atoms with Crippen LogP contribution in [0, 0.1) is 0 Å². The summed E-state index contributed by atoms with van der Waals surface area (Å²) in [4.78, 5) is 15.5. The van der Waals surface area contributed by atoms with Gasteiger partial charge in [-0.2, -0.15) is 10.2 Å². The van der Waals surface area contributed by atoms with Gasteiger partial charge in [0.1, 0.15) is 19.2 Å². The summed E-state index contributed by atoms with van der Waals surface area (Å²) >= 11 is 0. The van der Waals surface area contributed by atoms with Gasteiger partial charge in [0.15, 0.2) is 0 Å². The molecule has 0 aliphatic carbocycles. The van der Waals surface area contributed by atoms with Crippen LogP contribution in [0.4, 0.5) is 0 Å². The van der Waals surface area contributed by atoms with Gasteiger partial charge in [-0.1, -0.05) is 43.7 Å². The van der Waals surface area contributed by atoms with Crippen LogP contribution in [0.3, 0.4) is 0 Å². The zero-order chi connectivity index (χ0) is 14.2. The highest BCUT2D eigenvalue weighted by Gasteiger charge is 2.05. The van der Waals surface area contributed by atoms with E-state index in [1.807, 2.05) is 30.3 Å². The first-order chi connectivity index (χ1) is 9.79. The Morgan fingerprint density at radius 1 is 1.35 bits per heavy atom. The molecule has 104 valence electrons. The van der Waals surface area contributed by atoms with Gasteiger partial charge >= 0.3 is 0 Å². The molecular weight excluding hydrogens is 254 g/mol. The van der Waals surface area contributed by atoms with Crippen molar-refractivity contribution >= 4 is 11.6 Å². The fourth-order valence-corrected chi connectivity index (χ4v) is 1.76. The van der Waals surface area contributed by atoms with E-state index in [1.54, 1.807) is 0 Å². The summed E-state index contributed by atoms with van der Waals surface area (Å²) < 4.78 is 1.45. The minimum absolute atomic E-state index is 0.109. The number of nitrogens with zero attached hydrogens (tertiary/aromatic N) is 4. The number of carbonyl (C=O) groups is 1. The highest BCUT2D eigenvalue weighted by Crippen LogP contribution is 2.05. The molecule has 0 bridgehead atoms. The summed E-state index contributed by atoms with van der Waals surface area (Å²) in [5.74, 6) is -0.222. The van der Waals surface area contributed by atoms with E-state index < -0.39 is 0 Å². The Morgan fingerprint density at radius 2 is 2.15 bits per heavy atom. The second-order valence-electron chi connectivity index (χ2n) is 4.30. The number of rotatable bonds is 6. The number of carbonyl (C=O) groups excluding carboxylic acids is 1. The van der Waals surface area contributed by atoms with E-state index in [2.05, 4.69) is 27.5 Å². The van der Waals surface area contributed by atoms with Gasteiger partial charge in [-0.25, -0.2) is 15.1 Å². The van der Waals surface area contributed by atoms with E-state index in [9.17, 15) is 4.79 Å². The van der Waals surface area contributed by atoms with Crippen LogP contribution in [0.15, 0.2) is 48.1 Å². The summed E-state index contributed by atoms with van der Waals surface area (Å²) in [6, 6.07) is 9.84. The summed E-state index contributed by atoms with van der Waals surface area (Å²) in [6.45, 7) is 2.19. The molecule has 0 atom stereocenters. The van der Waals surface area contributed by atoms with Crippen molar-refractivity contribution in [2.24, 2.45) is 5.10 Å². The molecule has 6 nitrogen and oxygen atoms in total. The molecule has 1 aromatic carbocycles. The number of aromatic nitrogens is 3. The predicted molar refractivity (Wildman–Crippen MR) is 76.1 cm³/mol. The van der Waals surface area contributed by atoms with E-state index in [0.29, 0.717) is 0 Å². The lowest BCUT2D eigenvalue weighted by Crippen LogP contribution is -2.25. The molecule has 2 rings (SSSR count). The number of hydrogen-bond acceptors (Lipinski definition) is 4. The van der Waals surface area contributed by atoms with Crippen molar-refractivity contribution in [3.05, 3.63) is 48.5 Å². The Kier molecular flexibility index (Phi) is 5.00. The lowest BCUT2D eigenvalue weighted by molar-refractivity contribution is -0.121. The number of nitrogens with one attached hydrogen (secondary N) is 1. The maximum absolute atomic E-state index is 11.7. The SMILES string of the molecule is CCC/C(=N\NC(=O)Cn1cncn1)c1ccccc1. The van der Waals surface area contributed by atoms with Crippen molar-refractivity contribution in [1.82, 2.24) is 20.2 Å². The fourth-order valence-electron chi connectivity index (χ4n) is 1.76. The van der Waals surface area contributed by atoms with Crippen LogP contribution >= 0.6 is 0 Å². The van der Waals surface area contributed by atoms with E-state index in [-0.39, 0.29) is 12.5 Å². The van der Waals surface area contributed by atoms with Crippen molar-refractivity contribution in [2.75, 3.05) is 0 Å². The van der Waals surface area contributed by atoms with E-state index in [1.165, 1.54) is 17.3 Å². The average Bonchev–Trinajstić information content (AvgIpc) is 2.97. The third-order valence-electron chi connectivity index (χ3n) is 2.68. The van der Waals surface area contributed by atoms with E-state index >= 15 is 0 Å². The molecule has 1 amide bonds. The maximum atomic E-state index is 11.7. The minimum atomic E-state index is -0.222. The largest absolute Gasteiger partial charge is 0.271 e. The second kappa shape index (κ2) is 7.18. The van der Waals surface area contributed by atoms with Crippen molar-refractivity contribution in [2.45, 2.75) is 26.3 Å². The van der Waals surface area contributed by atoms with Gasteiger partial charge in [0.05, 0.1) is 5.71 Å². The molecule has 0 aliphatic rings. The van der Waals surface area contributed by atoms with Gasteiger partial charge in [0, 0.05) is 0 Å². The Morgan fingerprint density at radius 3 is 2.80 bits per heavy atom. The Hall–Kier alpha value is -2.50. The van der Waals surface area contributed by atoms with Crippen molar-refractivity contribution in [3.63, 3.8) is 0 Å². The van der Waals surface area contributed by atoms with Crippen LogP contribution in [0.1, 0.15) is 25.3 Å². The van der Waals surface area contributed by atoms with Crippen LogP contribution in [0.2, 0.25) is 0 Å². The fraction of sp³-hybridized carbons (Fsp3) is 0.286. The number of hydrazone groups is 1. The zero-order valence-corrected chi connectivity index (χ0v) is 11.4.